The predicted octanol–water partition coefficient (Wildman–Crippen LogP) is 5.03. The first kappa shape index (κ1) is 27.2. The molecule has 3 heterocycles. The Morgan fingerprint density at radius 2 is 1.84 bits per heavy atom. The number of nitrogens with zero attached hydrogens (tertiary/aromatic N) is 1. The summed E-state index contributed by atoms with van der Waals surface area (Å²) >= 11 is 12.0. The third-order valence-corrected chi connectivity index (χ3v) is 7.35. The number of ether oxygens (including phenoxy) is 1. The molecule has 0 saturated carbocycles. The number of para-hydroxylation sites is 1. The lowest BCUT2D eigenvalue weighted by molar-refractivity contribution is -0.134. The van der Waals surface area contributed by atoms with Gasteiger partial charge in [0.25, 0.3) is 0 Å². The summed E-state index contributed by atoms with van der Waals surface area (Å²) in [7, 11) is 0. The minimum Gasteiger partial charge on any atom is -0.487 e. The molecule has 0 aliphatic carbocycles. The lowest BCUT2D eigenvalue weighted by Gasteiger charge is -2.38. The largest absolute Gasteiger partial charge is 0.487 e. The van der Waals surface area contributed by atoms with Crippen LogP contribution in [0.5, 0.6) is 11.5 Å². The number of aliphatic carboxylic acids is 2. The second kappa shape index (κ2) is 11.7. The number of carboxylic acid groups (broad SMARTS) is 2. The number of likely N-dealkylation sites (tertiary alicyclic amines) is 1. The molecule has 1 atom stereocenters. The smallest absolute Gasteiger partial charge is 0.328 e. The van der Waals surface area contributed by atoms with Crippen molar-refractivity contribution in [3.8, 4) is 11.5 Å². The van der Waals surface area contributed by atoms with Gasteiger partial charge in [0.15, 0.2) is 11.6 Å². The Kier molecular flexibility index (Phi) is 8.59. The summed E-state index contributed by atoms with van der Waals surface area (Å²) in [4.78, 5) is 27.0. The molecule has 3 aliphatic heterocycles. The van der Waals surface area contributed by atoms with Crippen molar-refractivity contribution < 1.29 is 33.8 Å². The van der Waals surface area contributed by atoms with Gasteiger partial charge in [0.05, 0.1) is 11.1 Å². The molecule has 5 rings (SSSR count). The lowest BCUT2D eigenvalue weighted by Crippen LogP contribution is -2.47. The molecule has 1 saturated heterocycles. The molecule has 0 bridgehead atoms. The fourth-order valence-corrected chi connectivity index (χ4v) is 5.37. The number of carboxylic acids is 2. The average molecular weight is 553 g/mol. The van der Waals surface area contributed by atoms with Gasteiger partial charge in [-0.1, -0.05) is 41.4 Å². The van der Waals surface area contributed by atoms with Gasteiger partial charge in [-0.05, 0) is 37.1 Å². The highest BCUT2D eigenvalue weighted by molar-refractivity contribution is 6.36. The van der Waals surface area contributed by atoms with Crippen LogP contribution in [0, 0.1) is 5.82 Å². The lowest BCUT2D eigenvalue weighted by atomic mass is 9.87. The van der Waals surface area contributed by atoms with Crippen molar-refractivity contribution in [2.75, 3.05) is 19.6 Å². The second-order valence-corrected chi connectivity index (χ2v) is 10.0. The van der Waals surface area contributed by atoms with Crippen molar-refractivity contribution >= 4 is 35.1 Å². The molecule has 198 valence electrons. The first-order chi connectivity index (χ1) is 17.7. The van der Waals surface area contributed by atoms with Crippen molar-refractivity contribution in [1.29, 1.82) is 0 Å². The van der Waals surface area contributed by atoms with Crippen LogP contribution in [0.25, 0.3) is 0 Å². The number of fused-ring (bicyclic) bond motifs is 2. The Bertz CT molecular complexity index is 1160. The molecule has 1 fully saturated rings. The maximum atomic E-state index is 13.8. The fourth-order valence-electron chi connectivity index (χ4n) is 4.86. The van der Waals surface area contributed by atoms with Crippen molar-refractivity contribution in [1.82, 2.24) is 10.4 Å². The van der Waals surface area contributed by atoms with Crippen molar-refractivity contribution in [2.24, 2.45) is 0 Å². The number of rotatable bonds is 6. The summed E-state index contributed by atoms with van der Waals surface area (Å²) in [6.45, 7) is 3.10. The number of hydrogen-bond acceptors (Lipinski definition) is 6. The van der Waals surface area contributed by atoms with E-state index in [9.17, 15) is 14.0 Å². The monoisotopic (exact) mass is 552 g/mol. The SMILES string of the molecule is Fc1c(Cl)cc2c(c1Cl)ONC2CCCN1CCC2(CC1)Cc1ccccc1O2.O=C(O)/C=C\C(=O)O. The molecule has 1 unspecified atom stereocenters. The predicted molar refractivity (Wildman–Crippen MR) is 136 cm³/mol. The van der Waals surface area contributed by atoms with Crippen LogP contribution >= 0.6 is 23.2 Å². The van der Waals surface area contributed by atoms with E-state index in [4.69, 9.17) is 43.0 Å². The molecular weight excluding hydrogens is 526 g/mol. The molecule has 37 heavy (non-hydrogen) atoms. The van der Waals surface area contributed by atoms with Gasteiger partial charge in [-0.2, -0.15) is 0 Å². The summed E-state index contributed by atoms with van der Waals surface area (Å²) in [6, 6.07) is 9.97. The van der Waals surface area contributed by atoms with Gasteiger partial charge in [0.2, 0.25) is 0 Å². The average Bonchev–Trinajstić information content (AvgIpc) is 3.44. The van der Waals surface area contributed by atoms with Crippen LogP contribution in [0.2, 0.25) is 10.0 Å². The van der Waals surface area contributed by atoms with E-state index in [1.807, 2.05) is 6.07 Å². The second-order valence-electron chi connectivity index (χ2n) is 9.24. The zero-order valence-corrected chi connectivity index (χ0v) is 21.4. The number of hydrogen-bond donors (Lipinski definition) is 3. The first-order valence-electron chi connectivity index (χ1n) is 11.9. The van der Waals surface area contributed by atoms with E-state index < -0.39 is 17.8 Å². The van der Waals surface area contributed by atoms with Crippen LogP contribution in [-0.2, 0) is 16.0 Å². The van der Waals surface area contributed by atoms with Gasteiger partial charge in [-0.25, -0.2) is 14.0 Å². The van der Waals surface area contributed by atoms with Crippen molar-refractivity contribution in [3.63, 3.8) is 0 Å². The quantitative estimate of drug-likeness (QED) is 0.338. The van der Waals surface area contributed by atoms with Crippen LogP contribution < -0.4 is 15.1 Å². The fraction of sp³-hybridized carbons (Fsp3) is 0.385. The maximum absolute atomic E-state index is 13.8. The molecule has 0 radical (unpaired) electrons. The zero-order valence-electron chi connectivity index (χ0n) is 19.9. The number of halogens is 3. The van der Waals surface area contributed by atoms with Crippen LogP contribution in [-0.4, -0.2) is 52.3 Å². The van der Waals surface area contributed by atoms with E-state index in [1.165, 1.54) is 5.56 Å². The van der Waals surface area contributed by atoms with E-state index in [0.29, 0.717) is 17.9 Å². The standard InChI is InChI=1S/C22H23Cl2FN2O2.C4H4O4/c23-16-12-15-17(26-29-21(15)19(24)20(16)25)5-3-9-27-10-7-22(8-11-27)13-14-4-1-2-6-18(14)28-22;5-3(6)1-2-4(7)8/h1-2,4,6,12,17,26H,3,5,7-11,13H2;1-2H,(H,5,6)(H,7,8)/b;2-1-. The minimum atomic E-state index is -1.26. The normalized spacial score (nSPS) is 19.5. The van der Waals surface area contributed by atoms with Crippen molar-refractivity contribution in [2.45, 2.75) is 43.7 Å². The zero-order chi connectivity index (χ0) is 26.6. The third kappa shape index (κ3) is 6.54. The van der Waals surface area contributed by atoms with Gasteiger partial charge in [-0.3, -0.25) is 0 Å². The molecular formula is C26H27Cl2FN2O6. The number of benzene rings is 2. The van der Waals surface area contributed by atoms with Crippen LogP contribution in [0.15, 0.2) is 42.5 Å². The minimum absolute atomic E-state index is 0.0163. The number of carbonyl (C=O) groups is 2. The highest BCUT2D eigenvalue weighted by Crippen LogP contribution is 2.43. The summed E-state index contributed by atoms with van der Waals surface area (Å²) in [5.74, 6) is -1.73. The number of hydroxylamine groups is 1. The number of piperidine rings is 1. The Morgan fingerprint density at radius 1 is 1.16 bits per heavy atom. The van der Waals surface area contributed by atoms with E-state index in [0.717, 1.165) is 63.1 Å². The molecule has 0 aromatic heterocycles. The Morgan fingerprint density at radius 3 is 2.49 bits per heavy atom. The van der Waals surface area contributed by atoms with E-state index in [1.54, 1.807) is 6.07 Å². The molecule has 0 amide bonds. The van der Waals surface area contributed by atoms with Gasteiger partial charge in [0, 0.05) is 50.1 Å². The first-order valence-corrected chi connectivity index (χ1v) is 12.7. The summed E-state index contributed by atoms with van der Waals surface area (Å²) < 4.78 is 20.2. The third-order valence-electron chi connectivity index (χ3n) is 6.74. The van der Waals surface area contributed by atoms with Gasteiger partial charge >= 0.3 is 11.9 Å². The molecule has 2 aromatic carbocycles. The van der Waals surface area contributed by atoms with Crippen LogP contribution in [0.1, 0.15) is 42.9 Å². The van der Waals surface area contributed by atoms with Gasteiger partial charge in [-0.15, -0.1) is 5.48 Å². The topological polar surface area (TPSA) is 108 Å². The Labute approximate surface area is 223 Å². The Hall–Kier alpha value is -2.85. The highest BCUT2D eigenvalue weighted by Gasteiger charge is 2.41. The van der Waals surface area contributed by atoms with E-state index >= 15 is 0 Å². The van der Waals surface area contributed by atoms with Gasteiger partial charge < -0.3 is 24.7 Å². The molecule has 2 aromatic rings. The van der Waals surface area contributed by atoms with Crippen LogP contribution in [0.4, 0.5) is 4.39 Å². The summed E-state index contributed by atoms with van der Waals surface area (Å²) in [6.07, 6.45) is 6.12. The Balaban J connectivity index is 0.000000349. The molecule has 11 heteroatoms. The van der Waals surface area contributed by atoms with E-state index in [-0.39, 0.29) is 21.7 Å². The molecule has 3 N–H and O–H groups in total. The van der Waals surface area contributed by atoms with Crippen molar-refractivity contribution in [3.05, 3.63) is 69.5 Å². The van der Waals surface area contributed by atoms with Crippen LogP contribution in [0.3, 0.4) is 0 Å². The molecule has 3 aliphatic rings. The number of nitrogens with one attached hydrogen (secondary N) is 1. The summed E-state index contributed by atoms with van der Waals surface area (Å²) in [5, 5.41) is 15.6. The molecule has 8 nitrogen and oxygen atoms in total. The van der Waals surface area contributed by atoms with Gasteiger partial charge in [0.1, 0.15) is 16.4 Å². The summed E-state index contributed by atoms with van der Waals surface area (Å²) in [5.41, 5.74) is 5.10. The maximum Gasteiger partial charge on any atom is 0.328 e. The molecule has 1 spiro atoms. The highest BCUT2D eigenvalue weighted by atomic mass is 35.5. The van der Waals surface area contributed by atoms with E-state index in [2.05, 4.69) is 28.6 Å².